The summed E-state index contributed by atoms with van der Waals surface area (Å²) in [6.07, 6.45) is 4.05. The van der Waals surface area contributed by atoms with Crippen molar-refractivity contribution in [2.24, 2.45) is 0 Å². The van der Waals surface area contributed by atoms with Crippen molar-refractivity contribution in [2.75, 3.05) is 17.2 Å². The van der Waals surface area contributed by atoms with E-state index in [-0.39, 0.29) is 5.91 Å². The van der Waals surface area contributed by atoms with Gasteiger partial charge in [-0.2, -0.15) is 0 Å². The number of aromatic nitrogens is 2. The molecule has 0 unspecified atom stereocenters. The minimum atomic E-state index is -0.200. The maximum Gasteiger partial charge on any atom is 0.258 e. The first kappa shape index (κ1) is 15.4. The van der Waals surface area contributed by atoms with Gasteiger partial charge in [0.2, 0.25) is 0 Å². The average molecular weight is 349 g/mol. The van der Waals surface area contributed by atoms with Crippen LogP contribution in [0, 0.1) is 6.92 Å². The average Bonchev–Trinajstić information content (AvgIpc) is 2.48. The highest BCUT2D eigenvalue weighted by Crippen LogP contribution is 2.19. The molecule has 5 nitrogen and oxygen atoms in total. The van der Waals surface area contributed by atoms with Crippen LogP contribution in [-0.2, 0) is 0 Å². The summed E-state index contributed by atoms with van der Waals surface area (Å²) in [7, 11) is 0. The molecule has 1 amide bonds. The molecular weight excluding hydrogens is 332 g/mol. The zero-order valence-electron chi connectivity index (χ0n) is 12.0. The highest BCUT2D eigenvalue weighted by atomic mass is 79.9. The molecule has 0 fully saturated rings. The Balaban J connectivity index is 2.20. The van der Waals surface area contributed by atoms with Gasteiger partial charge in [-0.3, -0.25) is 4.79 Å². The fourth-order valence-corrected chi connectivity index (χ4v) is 2.03. The molecule has 0 aliphatic carbocycles. The van der Waals surface area contributed by atoms with Gasteiger partial charge in [0.1, 0.15) is 4.60 Å². The number of carbonyl (C=O) groups is 1. The number of halogens is 1. The van der Waals surface area contributed by atoms with Crippen LogP contribution in [-0.4, -0.2) is 22.4 Å². The largest absolute Gasteiger partial charge is 0.384 e. The van der Waals surface area contributed by atoms with Gasteiger partial charge in [-0.25, -0.2) is 9.97 Å². The van der Waals surface area contributed by atoms with Gasteiger partial charge < -0.3 is 10.6 Å². The summed E-state index contributed by atoms with van der Waals surface area (Å²) in [5.74, 6) is 0.222. The van der Waals surface area contributed by atoms with E-state index in [0.29, 0.717) is 16.0 Å². The van der Waals surface area contributed by atoms with Crippen LogP contribution >= 0.6 is 15.9 Å². The molecular formula is C15H17BrN4O. The minimum absolute atomic E-state index is 0.200. The van der Waals surface area contributed by atoms with Crippen LogP contribution in [0.2, 0.25) is 0 Å². The second kappa shape index (κ2) is 7.17. The molecule has 0 saturated carbocycles. The predicted octanol–water partition coefficient (Wildman–Crippen LogP) is 3.62. The van der Waals surface area contributed by atoms with Gasteiger partial charge in [-0.15, -0.1) is 0 Å². The first-order valence-electron chi connectivity index (χ1n) is 6.73. The van der Waals surface area contributed by atoms with Crippen LogP contribution in [0.4, 0.5) is 11.5 Å². The number of nitrogens with one attached hydrogen (secondary N) is 2. The molecule has 1 aromatic carbocycles. The fourth-order valence-electron chi connectivity index (χ4n) is 1.82. The molecule has 0 aliphatic rings. The molecule has 1 aromatic heterocycles. The fraction of sp³-hybridized carbons (Fsp3) is 0.267. The molecule has 0 atom stereocenters. The molecule has 1 heterocycles. The highest BCUT2D eigenvalue weighted by Gasteiger charge is 2.12. The maximum absolute atomic E-state index is 12.4. The Kier molecular flexibility index (Phi) is 5.27. The zero-order valence-corrected chi connectivity index (χ0v) is 13.6. The second-order valence-corrected chi connectivity index (χ2v) is 5.47. The lowest BCUT2D eigenvalue weighted by Gasteiger charge is -2.12. The minimum Gasteiger partial charge on any atom is -0.384 e. The van der Waals surface area contributed by atoms with Gasteiger partial charge in [0.25, 0.3) is 5.91 Å². The Hall–Kier alpha value is -1.95. The number of carbonyl (C=O) groups excluding carboxylic acids is 1. The standard InChI is InChI=1S/C15H17BrN4O/c1-3-6-17-12-5-4-10(2)7-11(12)15(21)20-14-9-18-13(16)8-19-14/h4-5,7-9,17H,3,6H2,1-2H3,(H,19,20,21). The summed E-state index contributed by atoms with van der Waals surface area (Å²) < 4.78 is 0.626. The first-order chi connectivity index (χ1) is 10.1. The van der Waals surface area contributed by atoms with Gasteiger partial charge in [-0.1, -0.05) is 18.6 Å². The van der Waals surface area contributed by atoms with E-state index in [1.54, 1.807) is 6.20 Å². The van der Waals surface area contributed by atoms with E-state index < -0.39 is 0 Å². The normalized spacial score (nSPS) is 10.2. The van der Waals surface area contributed by atoms with Crippen molar-refractivity contribution in [3.63, 3.8) is 0 Å². The molecule has 2 rings (SSSR count). The van der Waals surface area contributed by atoms with Crippen LogP contribution in [0.25, 0.3) is 0 Å². The third-order valence-electron chi connectivity index (χ3n) is 2.85. The molecule has 110 valence electrons. The van der Waals surface area contributed by atoms with Crippen molar-refractivity contribution < 1.29 is 4.79 Å². The summed E-state index contributed by atoms with van der Waals surface area (Å²) in [6, 6.07) is 5.76. The van der Waals surface area contributed by atoms with Gasteiger partial charge in [0, 0.05) is 12.2 Å². The van der Waals surface area contributed by atoms with Crippen molar-refractivity contribution in [1.82, 2.24) is 9.97 Å². The number of hydrogen-bond acceptors (Lipinski definition) is 4. The monoisotopic (exact) mass is 348 g/mol. The van der Waals surface area contributed by atoms with Gasteiger partial charge in [0.05, 0.1) is 18.0 Å². The molecule has 2 N–H and O–H groups in total. The van der Waals surface area contributed by atoms with E-state index in [1.165, 1.54) is 6.20 Å². The molecule has 0 aliphatic heterocycles. The number of aryl methyl sites for hydroxylation is 1. The molecule has 0 radical (unpaired) electrons. The second-order valence-electron chi connectivity index (χ2n) is 4.65. The van der Waals surface area contributed by atoms with Gasteiger partial charge in [0.15, 0.2) is 5.82 Å². The number of rotatable bonds is 5. The smallest absolute Gasteiger partial charge is 0.258 e. The van der Waals surface area contributed by atoms with Gasteiger partial charge >= 0.3 is 0 Å². The quantitative estimate of drug-likeness (QED) is 0.865. The molecule has 0 saturated heterocycles. The van der Waals surface area contributed by atoms with E-state index in [1.807, 2.05) is 25.1 Å². The summed E-state index contributed by atoms with van der Waals surface area (Å²) >= 11 is 3.21. The highest BCUT2D eigenvalue weighted by molar-refractivity contribution is 9.10. The molecule has 21 heavy (non-hydrogen) atoms. The van der Waals surface area contributed by atoms with Gasteiger partial charge in [-0.05, 0) is 41.4 Å². The lowest BCUT2D eigenvalue weighted by molar-refractivity contribution is 0.102. The molecule has 2 aromatic rings. The van der Waals surface area contributed by atoms with E-state index in [9.17, 15) is 4.79 Å². The van der Waals surface area contributed by atoms with Crippen LogP contribution in [0.15, 0.2) is 35.2 Å². The number of benzene rings is 1. The van der Waals surface area contributed by atoms with E-state index in [2.05, 4.69) is 43.5 Å². The number of anilines is 2. The van der Waals surface area contributed by atoms with Crippen molar-refractivity contribution in [2.45, 2.75) is 20.3 Å². The van der Waals surface area contributed by atoms with Crippen molar-refractivity contribution in [3.05, 3.63) is 46.3 Å². The topological polar surface area (TPSA) is 66.9 Å². The predicted molar refractivity (Wildman–Crippen MR) is 87.6 cm³/mol. The molecule has 6 heteroatoms. The Morgan fingerprint density at radius 2 is 2.10 bits per heavy atom. The van der Waals surface area contributed by atoms with Crippen molar-refractivity contribution in [1.29, 1.82) is 0 Å². The Labute approximate surface area is 132 Å². The lowest BCUT2D eigenvalue weighted by Crippen LogP contribution is -2.16. The Bertz CT molecular complexity index is 628. The molecule has 0 bridgehead atoms. The third-order valence-corrected chi connectivity index (χ3v) is 3.26. The van der Waals surface area contributed by atoms with E-state index >= 15 is 0 Å². The van der Waals surface area contributed by atoms with Crippen molar-refractivity contribution in [3.8, 4) is 0 Å². The van der Waals surface area contributed by atoms with Crippen LogP contribution in [0.3, 0.4) is 0 Å². The maximum atomic E-state index is 12.4. The summed E-state index contributed by atoms with van der Waals surface area (Å²) in [4.78, 5) is 20.5. The van der Waals surface area contributed by atoms with Crippen LogP contribution < -0.4 is 10.6 Å². The SMILES string of the molecule is CCCNc1ccc(C)cc1C(=O)Nc1cnc(Br)cn1. The number of hydrogen-bond donors (Lipinski definition) is 2. The summed E-state index contributed by atoms with van der Waals surface area (Å²) in [5, 5.41) is 6.02. The Morgan fingerprint density at radius 1 is 1.29 bits per heavy atom. The van der Waals surface area contributed by atoms with Crippen molar-refractivity contribution >= 4 is 33.3 Å². The lowest BCUT2D eigenvalue weighted by atomic mass is 10.1. The first-order valence-corrected chi connectivity index (χ1v) is 7.53. The third kappa shape index (κ3) is 4.26. The summed E-state index contributed by atoms with van der Waals surface area (Å²) in [6.45, 7) is 4.86. The van der Waals surface area contributed by atoms with Crippen LogP contribution in [0.5, 0.6) is 0 Å². The summed E-state index contributed by atoms with van der Waals surface area (Å²) in [5.41, 5.74) is 2.46. The number of nitrogens with zero attached hydrogens (tertiary/aromatic N) is 2. The van der Waals surface area contributed by atoms with E-state index in [0.717, 1.165) is 24.2 Å². The van der Waals surface area contributed by atoms with Crippen LogP contribution in [0.1, 0.15) is 29.3 Å². The number of amides is 1. The van der Waals surface area contributed by atoms with E-state index in [4.69, 9.17) is 0 Å². The molecule has 0 spiro atoms. The zero-order chi connectivity index (χ0) is 15.2. The Morgan fingerprint density at radius 3 is 2.76 bits per heavy atom.